The number of aromatic nitrogens is 1. The van der Waals surface area contributed by atoms with Crippen LogP contribution in [0, 0.1) is 0 Å². The number of ketones is 1. The van der Waals surface area contributed by atoms with E-state index in [9.17, 15) is 14.7 Å². The van der Waals surface area contributed by atoms with Gasteiger partial charge < -0.3 is 10.4 Å². The van der Waals surface area contributed by atoms with Gasteiger partial charge >= 0.3 is 0 Å². The molecule has 2 N–H and O–H groups in total. The van der Waals surface area contributed by atoms with Gasteiger partial charge in [0.25, 0.3) is 5.91 Å². The van der Waals surface area contributed by atoms with Gasteiger partial charge in [-0.25, -0.2) is 0 Å². The summed E-state index contributed by atoms with van der Waals surface area (Å²) in [6.45, 7) is 0. The number of hydrogen-bond acceptors (Lipinski definition) is 4. The maximum absolute atomic E-state index is 12.3. The summed E-state index contributed by atoms with van der Waals surface area (Å²) in [5.41, 5.74) is 2.05. The highest BCUT2D eigenvalue weighted by Gasteiger charge is 2.12. The van der Waals surface area contributed by atoms with Crippen LogP contribution in [0.15, 0.2) is 66.9 Å². The molecular formula is C21H17ClN2O3. The van der Waals surface area contributed by atoms with Gasteiger partial charge in [-0.1, -0.05) is 29.8 Å². The van der Waals surface area contributed by atoms with Gasteiger partial charge in [-0.05, 0) is 48.0 Å². The van der Waals surface area contributed by atoms with Crippen molar-refractivity contribution in [3.8, 4) is 5.75 Å². The van der Waals surface area contributed by atoms with Crippen LogP contribution in [0.3, 0.4) is 0 Å². The predicted molar refractivity (Wildman–Crippen MR) is 104 cm³/mol. The number of carbonyl (C=O) groups excluding carboxylic acids is 2. The summed E-state index contributed by atoms with van der Waals surface area (Å²) in [5.74, 6) is -0.415. The summed E-state index contributed by atoms with van der Waals surface area (Å²) in [6.07, 6.45) is 1.68. The van der Waals surface area contributed by atoms with Crippen LogP contribution >= 0.6 is 11.6 Å². The van der Waals surface area contributed by atoms with Gasteiger partial charge in [-0.15, -0.1) is 0 Å². The minimum atomic E-state index is -0.344. The molecule has 0 fully saturated rings. The van der Waals surface area contributed by atoms with E-state index in [2.05, 4.69) is 10.3 Å². The molecule has 0 bridgehead atoms. The molecule has 1 heterocycles. The number of aromatic hydroxyl groups is 1. The molecule has 2 aromatic carbocycles. The number of nitrogens with zero attached hydrogens (tertiary/aromatic N) is 1. The Balaban J connectivity index is 1.67. The molecule has 6 heteroatoms. The van der Waals surface area contributed by atoms with Crippen LogP contribution in [-0.2, 0) is 17.6 Å². The van der Waals surface area contributed by atoms with Crippen LogP contribution in [0.1, 0.15) is 21.6 Å². The summed E-state index contributed by atoms with van der Waals surface area (Å²) in [7, 11) is 0. The summed E-state index contributed by atoms with van der Waals surface area (Å²) < 4.78 is 0. The lowest BCUT2D eigenvalue weighted by Gasteiger charge is -2.07. The lowest BCUT2D eigenvalue weighted by atomic mass is 10.0. The monoisotopic (exact) mass is 380 g/mol. The quantitative estimate of drug-likeness (QED) is 0.676. The zero-order valence-corrected chi connectivity index (χ0v) is 15.1. The highest BCUT2D eigenvalue weighted by atomic mass is 35.5. The Morgan fingerprint density at radius 1 is 1.00 bits per heavy atom. The number of Topliss-reactive ketones (excluding diaryl/α,β-unsaturated/α-hetero) is 1. The summed E-state index contributed by atoms with van der Waals surface area (Å²) in [6, 6.07) is 16.9. The van der Waals surface area contributed by atoms with Gasteiger partial charge in [0.15, 0.2) is 0 Å². The number of anilines is 1. The van der Waals surface area contributed by atoms with Gasteiger partial charge in [0, 0.05) is 35.3 Å². The van der Waals surface area contributed by atoms with Crippen molar-refractivity contribution in [2.24, 2.45) is 0 Å². The van der Waals surface area contributed by atoms with Crippen molar-refractivity contribution in [1.29, 1.82) is 0 Å². The number of benzene rings is 2. The number of phenols is 1. The molecule has 1 amide bonds. The van der Waals surface area contributed by atoms with Crippen molar-refractivity contribution in [3.63, 3.8) is 0 Å². The fraction of sp³-hybridized carbons (Fsp3) is 0.0952. The third kappa shape index (κ3) is 5.15. The molecule has 3 rings (SSSR count). The highest BCUT2D eigenvalue weighted by Crippen LogP contribution is 2.22. The molecule has 0 saturated carbocycles. The minimum absolute atomic E-state index is 0.0328. The number of hydrogen-bond donors (Lipinski definition) is 2. The SMILES string of the molecule is O=C(Cc1ccnc(C(=O)Nc2ccccc2)c1)Cc1cc(Cl)ccc1O. The first-order chi connectivity index (χ1) is 13.0. The number of amides is 1. The minimum Gasteiger partial charge on any atom is -0.508 e. The van der Waals surface area contributed by atoms with Gasteiger partial charge in [0.05, 0.1) is 0 Å². The Morgan fingerprint density at radius 2 is 1.78 bits per heavy atom. The van der Waals surface area contributed by atoms with Crippen molar-refractivity contribution >= 4 is 29.0 Å². The number of phenolic OH excluding ortho intramolecular Hbond substituents is 1. The lowest BCUT2D eigenvalue weighted by molar-refractivity contribution is -0.117. The lowest BCUT2D eigenvalue weighted by Crippen LogP contribution is -2.14. The second kappa shape index (κ2) is 8.47. The van der Waals surface area contributed by atoms with E-state index in [-0.39, 0.29) is 36.0 Å². The second-order valence-corrected chi connectivity index (χ2v) is 6.47. The number of rotatable bonds is 6. The van der Waals surface area contributed by atoms with Crippen LogP contribution in [0.4, 0.5) is 5.69 Å². The fourth-order valence-electron chi connectivity index (χ4n) is 2.62. The maximum atomic E-state index is 12.3. The van der Waals surface area contributed by atoms with Crippen LogP contribution in [0.2, 0.25) is 5.02 Å². The Hall–Kier alpha value is -3.18. The molecule has 0 spiro atoms. The Morgan fingerprint density at radius 3 is 2.56 bits per heavy atom. The smallest absolute Gasteiger partial charge is 0.274 e. The summed E-state index contributed by atoms with van der Waals surface area (Å²) in [4.78, 5) is 28.7. The van der Waals surface area contributed by atoms with Crippen molar-refractivity contribution in [2.45, 2.75) is 12.8 Å². The van der Waals surface area contributed by atoms with E-state index in [0.717, 1.165) is 0 Å². The predicted octanol–water partition coefficient (Wildman–Crippen LogP) is 4.05. The first kappa shape index (κ1) is 18.6. The topological polar surface area (TPSA) is 79.3 Å². The van der Waals surface area contributed by atoms with E-state index in [4.69, 9.17) is 11.6 Å². The molecule has 3 aromatic rings. The Labute approximate surface area is 161 Å². The molecular weight excluding hydrogens is 364 g/mol. The second-order valence-electron chi connectivity index (χ2n) is 6.03. The third-order valence-corrected chi connectivity index (χ3v) is 4.15. The highest BCUT2D eigenvalue weighted by molar-refractivity contribution is 6.30. The molecule has 0 atom stereocenters. The van der Waals surface area contributed by atoms with E-state index in [1.807, 2.05) is 18.2 Å². The first-order valence-corrected chi connectivity index (χ1v) is 8.69. The van der Waals surface area contributed by atoms with Crippen LogP contribution in [0.5, 0.6) is 5.75 Å². The normalized spacial score (nSPS) is 10.4. The summed E-state index contributed by atoms with van der Waals surface area (Å²) >= 11 is 5.91. The zero-order valence-electron chi connectivity index (χ0n) is 14.4. The van der Waals surface area contributed by atoms with Gasteiger partial charge in [0.1, 0.15) is 17.2 Å². The van der Waals surface area contributed by atoms with E-state index in [1.54, 1.807) is 36.4 Å². The van der Waals surface area contributed by atoms with E-state index in [1.165, 1.54) is 12.3 Å². The van der Waals surface area contributed by atoms with Gasteiger partial charge in [0.2, 0.25) is 0 Å². The first-order valence-electron chi connectivity index (χ1n) is 8.31. The molecule has 0 aliphatic rings. The van der Waals surface area contributed by atoms with E-state index in [0.29, 0.717) is 21.8 Å². The molecule has 0 radical (unpaired) electrons. The largest absolute Gasteiger partial charge is 0.508 e. The molecule has 0 aliphatic carbocycles. The average molecular weight is 381 g/mol. The Bertz CT molecular complexity index is 974. The van der Waals surface area contributed by atoms with Crippen molar-refractivity contribution in [1.82, 2.24) is 4.98 Å². The van der Waals surface area contributed by atoms with Gasteiger partial charge in [-0.2, -0.15) is 0 Å². The van der Waals surface area contributed by atoms with Crippen LogP contribution in [-0.4, -0.2) is 21.8 Å². The molecule has 136 valence electrons. The van der Waals surface area contributed by atoms with Crippen LogP contribution < -0.4 is 5.32 Å². The number of carbonyl (C=O) groups is 2. The summed E-state index contributed by atoms with van der Waals surface area (Å²) in [5, 5.41) is 13.0. The molecule has 0 saturated heterocycles. The number of halogens is 1. The number of nitrogens with one attached hydrogen (secondary N) is 1. The van der Waals surface area contributed by atoms with Crippen LogP contribution in [0.25, 0.3) is 0 Å². The van der Waals surface area contributed by atoms with Crippen molar-refractivity contribution in [3.05, 3.63) is 88.7 Å². The third-order valence-electron chi connectivity index (χ3n) is 3.92. The molecule has 5 nitrogen and oxygen atoms in total. The van der Waals surface area contributed by atoms with Gasteiger partial charge in [-0.3, -0.25) is 14.6 Å². The maximum Gasteiger partial charge on any atom is 0.274 e. The van der Waals surface area contributed by atoms with E-state index < -0.39 is 0 Å². The van der Waals surface area contributed by atoms with Crippen molar-refractivity contribution < 1.29 is 14.7 Å². The number of pyridine rings is 1. The van der Waals surface area contributed by atoms with E-state index >= 15 is 0 Å². The molecule has 0 aliphatic heterocycles. The Kier molecular flexibility index (Phi) is 5.84. The molecule has 0 unspecified atom stereocenters. The standard InChI is InChI=1S/C21H17ClN2O3/c22-16-6-7-20(26)15(12-16)13-18(25)10-14-8-9-23-19(11-14)21(27)24-17-4-2-1-3-5-17/h1-9,11-12,26H,10,13H2,(H,24,27). The van der Waals surface area contributed by atoms with Crippen molar-refractivity contribution in [2.75, 3.05) is 5.32 Å². The number of para-hydroxylation sites is 1. The molecule has 1 aromatic heterocycles. The fourth-order valence-corrected chi connectivity index (χ4v) is 2.82. The zero-order chi connectivity index (χ0) is 19.2. The average Bonchev–Trinajstić information content (AvgIpc) is 2.65. The molecule has 27 heavy (non-hydrogen) atoms.